The van der Waals surface area contributed by atoms with Crippen LogP contribution in [-0.2, 0) is 14.3 Å². The Morgan fingerprint density at radius 2 is 2.00 bits per heavy atom. The van der Waals surface area contributed by atoms with Gasteiger partial charge in [-0.25, -0.2) is 4.79 Å². The maximum Gasteiger partial charge on any atom is 0.410 e. The number of carbonyl (C=O) groups excluding carboxylic acids is 1. The minimum absolute atomic E-state index is 0.0263. The Balaban J connectivity index is 2.38. The largest absolute Gasteiger partial charge is 0.481 e. The van der Waals surface area contributed by atoms with E-state index in [1.165, 1.54) is 0 Å². The van der Waals surface area contributed by atoms with Gasteiger partial charge in [0.2, 0.25) is 0 Å². The highest BCUT2D eigenvalue weighted by Gasteiger charge is 2.30. The van der Waals surface area contributed by atoms with Crippen molar-refractivity contribution in [2.45, 2.75) is 64.5 Å². The normalized spacial score (nSPS) is 19.4. The van der Waals surface area contributed by atoms with Crippen LogP contribution in [0.4, 0.5) is 4.79 Å². The van der Waals surface area contributed by atoms with Gasteiger partial charge in [0.05, 0.1) is 12.6 Å². The van der Waals surface area contributed by atoms with E-state index in [2.05, 4.69) is 0 Å². The molecule has 6 heteroatoms. The first-order chi connectivity index (χ1) is 9.79. The molecule has 1 aliphatic rings. The fraction of sp³-hybridized carbons (Fsp3) is 0.867. The summed E-state index contributed by atoms with van der Waals surface area (Å²) in [5.74, 6) is -0.813. The van der Waals surface area contributed by atoms with Gasteiger partial charge in [0, 0.05) is 19.6 Å². The number of rotatable bonds is 6. The van der Waals surface area contributed by atoms with Crippen molar-refractivity contribution in [1.29, 1.82) is 0 Å². The fourth-order valence-electron chi connectivity index (χ4n) is 2.28. The molecule has 1 atom stereocenters. The van der Waals surface area contributed by atoms with E-state index in [9.17, 15) is 9.59 Å². The molecule has 6 nitrogen and oxygen atoms in total. The number of carbonyl (C=O) groups is 2. The molecule has 0 aromatic heterocycles. The van der Waals surface area contributed by atoms with Crippen LogP contribution >= 0.6 is 0 Å². The van der Waals surface area contributed by atoms with Crippen LogP contribution in [0.25, 0.3) is 0 Å². The average molecular weight is 301 g/mol. The maximum atomic E-state index is 12.2. The smallest absolute Gasteiger partial charge is 0.410 e. The van der Waals surface area contributed by atoms with Crippen molar-refractivity contribution in [2.24, 2.45) is 0 Å². The molecule has 122 valence electrons. The second-order valence-corrected chi connectivity index (χ2v) is 6.40. The maximum absolute atomic E-state index is 12.2. The summed E-state index contributed by atoms with van der Waals surface area (Å²) in [6.07, 6.45) is 3.27. The number of carboxylic acid groups (broad SMARTS) is 1. The molecule has 0 aliphatic carbocycles. The summed E-state index contributed by atoms with van der Waals surface area (Å²) in [7, 11) is 0. The number of nitrogens with zero attached hydrogens (tertiary/aromatic N) is 1. The summed E-state index contributed by atoms with van der Waals surface area (Å²) >= 11 is 0. The van der Waals surface area contributed by atoms with Crippen molar-refractivity contribution < 1.29 is 24.2 Å². The van der Waals surface area contributed by atoms with Crippen LogP contribution in [0.5, 0.6) is 0 Å². The van der Waals surface area contributed by atoms with Gasteiger partial charge >= 0.3 is 12.1 Å². The SMILES string of the molecule is CC(C)(C)OC(=O)N1CCCCC1COCCCC(=O)O. The highest BCUT2D eigenvalue weighted by Crippen LogP contribution is 2.20. The van der Waals surface area contributed by atoms with Gasteiger partial charge in [0.25, 0.3) is 0 Å². The second kappa shape index (κ2) is 8.22. The lowest BCUT2D eigenvalue weighted by Gasteiger charge is -2.36. The lowest BCUT2D eigenvalue weighted by Crippen LogP contribution is -2.48. The zero-order chi connectivity index (χ0) is 15.9. The predicted octanol–water partition coefficient (Wildman–Crippen LogP) is 2.66. The van der Waals surface area contributed by atoms with Gasteiger partial charge in [0.15, 0.2) is 0 Å². The zero-order valence-corrected chi connectivity index (χ0v) is 13.3. The first kappa shape index (κ1) is 17.8. The van der Waals surface area contributed by atoms with Crippen LogP contribution in [0.2, 0.25) is 0 Å². The van der Waals surface area contributed by atoms with Crippen molar-refractivity contribution in [1.82, 2.24) is 4.90 Å². The Hall–Kier alpha value is -1.30. The van der Waals surface area contributed by atoms with Gasteiger partial charge in [-0.1, -0.05) is 0 Å². The van der Waals surface area contributed by atoms with E-state index in [-0.39, 0.29) is 18.6 Å². The first-order valence-corrected chi connectivity index (χ1v) is 7.59. The van der Waals surface area contributed by atoms with Crippen molar-refractivity contribution in [3.63, 3.8) is 0 Å². The van der Waals surface area contributed by atoms with Crippen LogP contribution in [0.3, 0.4) is 0 Å². The molecule has 1 aliphatic heterocycles. The van der Waals surface area contributed by atoms with E-state index in [0.717, 1.165) is 19.3 Å². The van der Waals surface area contributed by atoms with Crippen LogP contribution in [0, 0.1) is 0 Å². The third-order valence-electron chi connectivity index (χ3n) is 3.24. The number of ether oxygens (including phenoxy) is 2. The molecule has 1 saturated heterocycles. The van der Waals surface area contributed by atoms with Crippen LogP contribution < -0.4 is 0 Å². The van der Waals surface area contributed by atoms with Crippen molar-refractivity contribution in [2.75, 3.05) is 19.8 Å². The van der Waals surface area contributed by atoms with Crippen LogP contribution in [0.1, 0.15) is 52.9 Å². The van der Waals surface area contributed by atoms with E-state index in [1.807, 2.05) is 20.8 Å². The van der Waals surface area contributed by atoms with Gasteiger partial charge in [-0.05, 0) is 46.5 Å². The Bertz CT molecular complexity index is 350. The Morgan fingerprint density at radius 3 is 2.62 bits per heavy atom. The highest BCUT2D eigenvalue weighted by molar-refractivity contribution is 5.68. The van der Waals surface area contributed by atoms with E-state index < -0.39 is 11.6 Å². The minimum atomic E-state index is -0.813. The second-order valence-electron chi connectivity index (χ2n) is 6.40. The number of likely N-dealkylation sites (tertiary alicyclic amines) is 1. The Labute approximate surface area is 126 Å². The van der Waals surface area contributed by atoms with E-state index in [0.29, 0.717) is 26.2 Å². The third kappa shape index (κ3) is 7.32. The molecule has 0 saturated carbocycles. The van der Waals surface area contributed by atoms with Gasteiger partial charge in [-0.3, -0.25) is 4.79 Å². The number of amides is 1. The average Bonchev–Trinajstić information content (AvgIpc) is 2.36. The summed E-state index contributed by atoms with van der Waals surface area (Å²) in [6, 6.07) is 0.0263. The molecule has 0 aromatic rings. The molecule has 1 heterocycles. The number of hydrogen-bond donors (Lipinski definition) is 1. The Morgan fingerprint density at radius 1 is 1.29 bits per heavy atom. The predicted molar refractivity (Wildman–Crippen MR) is 78.3 cm³/mol. The summed E-state index contributed by atoms with van der Waals surface area (Å²) in [5.41, 5.74) is -0.499. The molecule has 1 amide bonds. The summed E-state index contributed by atoms with van der Waals surface area (Å²) < 4.78 is 10.9. The highest BCUT2D eigenvalue weighted by atomic mass is 16.6. The van der Waals surface area contributed by atoms with E-state index >= 15 is 0 Å². The first-order valence-electron chi connectivity index (χ1n) is 7.59. The van der Waals surface area contributed by atoms with E-state index in [1.54, 1.807) is 4.90 Å². The van der Waals surface area contributed by atoms with Crippen LogP contribution in [-0.4, -0.2) is 53.5 Å². The Kier molecular flexibility index (Phi) is 6.95. The summed E-state index contributed by atoms with van der Waals surface area (Å²) in [6.45, 7) is 7.10. The van der Waals surface area contributed by atoms with Gasteiger partial charge < -0.3 is 19.5 Å². The van der Waals surface area contributed by atoms with Gasteiger partial charge in [0.1, 0.15) is 5.60 Å². The molecule has 0 aromatic carbocycles. The molecular formula is C15H27NO5. The quantitative estimate of drug-likeness (QED) is 0.763. The number of piperidine rings is 1. The lowest BCUT2D eigenvalue weighted by molar-refractivity contribution is -0.137. The standard InChI is InChI=1S/C15H27NO5/c1-15(2,3)21-14(19)16-9-5-4-7-12(16)11-20-10-6-8-13(17)18/h12H,4-11H2,1-3H3,(H,17,18). The molecule has 1 fully saturated rings. The minimum Gasteiger partial charge on any atom is -0.481 e. The van der Waals surface area contributed by atoms with Gasteiger partial charge in [-0.15, -0.1) is 0 Å². The van der Waals surface area contributed by atoms with Gasteiger partial charge in [-0.2, -0.15) is 0 Å². The number of carboxylic acids is 1. The molecule has 1 unspecified atom stereocenters. The fourth-order valence-corrected chi connectivity index (χ4v) is 2.28. The monoisotopic (exact) mass is 301 g/mol. The molecule has 0 radical (unpaired) electrons. The topological polar surface area (TPSA) is 76.1 Å². The molecule has 0 bridgehead atoms. The summed E-state index contributed by atoms with van der Waals surface area (Å²) in [4.78, 5) is 24.3. The molecule has 1 N–H and O–H groups in total. The number of hydrogen-bond acceptors (Lipinski definition) is 4. The molecule has 21 heavy (non-hydrogen) atoms. The zero-order valence-electron chi connectivity index (χ0n) is 13.3. The molecule has 1 rings (SSSR count). The van der Waals surface area contributed by atoms with Crippen molar-refractivity contribution in [3.8, 4) is 0 Å². The number of aliphatic carboxylic acids is 1. The van der Waals surface area contributed by atoms with Crippen molar-refractivity contribution in [3.05, 3.63) is 0 Å². The lowest BCUT2D eigenvalue weighted by atomic mass is 10.0. The van der Waals surface area contributed by atoms with E-state index in [4.69, 9.17) is 14.6 Å². The molecule has 0 spiro atoms. The van der Waals surface area contributed by atoms with Crippen LogP contribution in [0.15, 0.2) is 0 Å². The third-order valence-corrected chi connectivity index (χ3v) is 3.24. The molecular weight excluding hydrogens is 274 g/mol. The summed E-state index contributed by atoms with van der Waals surface area (Å²) in [5, 5.41) is 8.56. The van der Waals surface area contributed by atoms with Crippen molar-refractivity contribution >= 4 is 12.1 Å².